The van der Waals surface area contributed by atoms with Gasteiger partial charge in [-0.1, -0.05) is 38.1 Å². The van der Waals surface area contributed by atoms with Crippen molar-refractivity contribution in [3.8, 4) is 0 Å². The molecule has 0 spiro atoms. The number of hydrogen-bond acceptors (Lipinski definition) is 1. The van der Waals surface area contributed by atoms with Gasteiger partial charge in [0.05, 0.1) is 0 Å². The molecule has 0 unspecified atom stereocenters. The van der Waals surface area contributed by atoms with Crippen LogP contribution < -0.4 is 0 Å². The van der Waals surface area contributed by atoms with Gasteiger partial charge in [0.15, 0.2) is 6.29 Å². The summed E-state index contributed by atoms with van der Waals surface area (Å²) >= 11 is 0. The first-order valence-corrected chi connectivity index (χ1v) is 6.73. The SMILES string of the molecule is Cc1cc(C=O)c(C)n1Cc1ccc(C(C)C)cc1. The van der Waals surface area contributed by atoms with Gasteiger partial charge in [-0.2, -0.15) is 0 Å². The van der Waals surface area contributed by atoms with E-state index in [1.165, 1.54) is 11.1 Å². The zero-order valence-electron chi connectivity index (χ0n) is 12.1. The Morgan fingerprint density at radius 1 is 1.16 bits per heavy atom. The second kappa shape index (κ2) is 5.43. The molecule has 0 aliphatic heterocycles. The summed E-state index contributed by atoms with van der Waals surface area (Å²) in [5.41, 5.74) is 5.59. The van der Waals surface area contributed by atoms with Gasteiger partial charge in [0.2, 0.25) is 0 Å². The highest BCUT2D eigenvalue weighted by atomic mass is 16.1. The predicted octanol–water partition coefficient (Wildman–Crippen LogP) is 4.09. The lowest BCUT2D eigenvalue weighted by molar-refractivity contribution is 0.112. The van der Waals surface area contributed by atoms with Crippen LogP contribution in [-0.4, -0.2) is 10.9 Å². The minimum atomic E-state index is 0.561. The monoisotopic (exact) mass is 255 g/mol. The predicted molar refractivity (Wildman–Crippen MR) is 78.9 cm³/mol. The molecule has 1 aromatic carbocycles. The third kappa shape index (κ3) is 2.78. The van der Waals surface area contributed by atoms with Crippen LogP contribution >= 0.6 is 0 Å². The van der Waals surface area contributed by atoms with Crippen molar-refractivity contribution in [1.29, 1.82) is 0 Å². The highest BCUT2D eigenvalue weighted by Gasteiger charge is 2.08. The summed E-state index contributed by atoms with van der Waals surface area (Å²) in [4.78, 5) is 11.0. The second-order valence-corrected chi connectivity index (χ2v) is 5.43. The van der Waals surface area contributed by atoms with Crippen LogP contribution in [0.4, 0.5) is 0 Å². The van der Waals surface area contributed by atoms with Gasteiger partial charge in [-0.25, -0.2) is 0 Å². The zero-order valence-corrected chi connectivity index (χ0v) is 12.1. The normalized spacial score (nSPS) is 11.0. The number of hydrogen-bond donors (Lipinski definition) is 0. The molecule has 2 rings (SSSR count). The van der Waals surface area contributed by atoms with E-state index in [4.69, 9.17) is 0 Å². The Morgan fingerprint density at radius 2 is 1.79 bits per heavy atom. The molecule has 0 saturated heterocycles. The molecule has 2 nitrogen and oxygen atoms in total. The van der Waals surface area contributed by atoms with E-state index >= 15 is 0 Å². The van der Waals surface area contributed by atoms with Crippen molar-refractivity contribution in [1.82, 2.24) is 4.57 Å². The molecule has 2 aromatic rings. The lowest BCUT2D eigenvalue weighted by atomic mass is 10.0. The van der Waals surface area contributed by atoms with Gasteiger partial charge in [0.1, 0.15) is 0 Å². The molecule has 0 aliphatic carbocycles. The van der Waals surface area contributed by atoms with E-state index in [1.807, 2.05) is 19.9 Å². The fraction of sp³-hybridized carbons (Fsp3) is 0.353. The third-order valence-corrected chi connectivity index (χ3v) is 3.73. The molecule has 0 fully saturated rings. The average Bonchev–Trinajstić information content (AvgIpc) is 2.67. The molecule has 0 saturated carbocycles. The van der Waals surface area contributed by atoms with Crippen molar-refractivity contribution in [2.45, 2.75) is 40.2 Å². The lowest BCUT2D eigenvalue weighted by Gasteiger charge is -2.11. The van der Waals surface area contributed by atoms with Crippen LogP contribution in [0, 0.1) is 13.8 Å². The van der Waals surface area contributed by atoms with E-state index in [1.54, 1.807) is 0 Å². The van der Waals surface area contributed by atoms with Crippen molar-refractivity contribution in [3.63, 3.8) is 0 Å². The molecule has 2 heteroatoms. The quantitative estimate of drug-likeness (QED) is 0.754. The summed E-state index contributed by atoms with van der Waals surface area (Å²) in [5, 5.41) is 0. The van der Waals surface area contributed by atoms with E-state index in [9.17, 15) is 4.79 Å². The maximum Gasteiger partial charge on any atom is 0.151 e. The Kier molecular flexibility index (Phi) is 3.89. The first-order valence-electron chi connectivity index (χ1n) is 6.73. The van der Waals surface area contributed by atoms with Gasteiger partial charge in [0.25, 0.3) is 0 Å². The van der Waals surface area contributed by atoms with E-state index in [-0.39, 0.29) is 0 Å². The molecule has 100 valence electrons. The van der Waals surface area contributed by atoms with Crippen molar-refractivity contribution in [2.24, 2.45) is 0 Å². The van der Waals surface area contributed by atoms with Gasteiger partial charge in [-0.05, 0) is 37.0 Å². The molecule has 0 N–H and O–H groups in total. The van der Waals surface area contributed by atoms with Crippen LogP contribution in [0.15, 0.2) is 30.3 Å². The summed E-state index contributed by atoms with van der Waals surface area (Å²) in [5.74, 6) is 0.561. The Morgan fingerprint density at radius 3 is 2.26 bits per heavy atom. The summed E-state index contributed by atoms with van der Waals surface area (Å²) < 4.78 is 2.19. The number of benzene rings is 1. The number of nitrogens with zero attached hydrogens (tertiary/aromatic N) is 1. The lowest BCUT2D eigenvalue weighted by Crippen LogP contribution is -2.04. The average molecular weight is 255 g/mol. The summed E-state index contributed by atoms with van der Waals surface area (Å²) in [6.45, 7) is 9.27. The highest BCUT2D eigenvalue weighted by molar-refractivity contribution is 5.77. The maximum atomic E-state index is 11.0. The first kappa shape index (κ1) is 13.6. The van der Waals surface area contributed by atoms with Gasteiger partial charge in [0, 0.05) is 23.5 Å². The second-order valence-electron chi connectivity index (χ2n) is 5.43. The number of carbonyl (C=O) groups excluding carboxylic acids is 1. The minimum absolute atomic E-state index is 0.561. The molecular formula is C17H21NO. The summed E-state index contributed by atoms with van der Waals surface area (Å²) in [6.07, 6.45) is 0.931. The summed E-state index contributed by atoms with van der Waals surface area (Å²) in [6, 6.07) is 10.7. The number of aromatic nitrogens is 1. The molecule has 19 heavy (non-hydrogen) atoms. The van der Waals surface area contributed by atoms with Crippen LogP contribution in [0.1, 0.15) is 52.6 Å². The Balaban J connectivity index is 2.26. The van der Waals surface area contributed by atoms with Crippen LogP contribution in [0.5, 0.6) is 0 Å². The van der Waals surface area contributed by atoms with Crippen molar-refractivity contribution >= 4 is 6.29 Å². The van der Waals surface area contributed by atoms with E-state index < -0.39 is 0 Å². The van der Waals surface area contributed by atoms with Crippen LogP contribution in [0.25, 0.3) is 0 Å². The van der Waals surface area contributed by atoms with Crippen LogP contribution in [0.2, 0.25) is 0 Å². The number of aldehydes is 1. The summed E-state index contributed by atoms with van der Waals surface area (Å²) in [7, 11) is 0. The van der Waals surface area contributed by atoms with Gasteiger partial charge in [-0.15, -0.1) is 0 Å². The Hall–Kier alpha value is -1.83. The minimum Gasteiger partial charge on any atom is -0.344 e. The molecular weight excluding hydrogens is 234 g/mol. The van der Waals surface area contributed by atoms with Crippen molar-refractivity contribution in [3.05, 3.63) is 58.4 Å². The Labute approximate surface area is 115 Å². The highest BCUT2D eigenvalue weighted by Crippen LogP contribution is 2.18. The van der Waals surface area contributed by atoms with E-state index in [0.29, 0.717) is 5.92 Å². The van der Waals surface area contributed by atoms with E-state index in [0.717, 1.165) is 29.8 Å². The number of rotatable bonds is 4. The van der Waals surface area contributed by atoms with Gasteiger partial charge >= 0.3 is 0 Å². The molecule has 0 amide bonds. The zero-order chi connectivity index (χ0) is 14.0. The molecule has 1 heterocycles. The molecule has 0 aliphatic rings. The molecule has 1 aromatic heterocycles. The molecule has 0 radical (unpaired) electrons. The van der Waals surface area contributed by atoms with Crippen LogP contribution in [-0.2, 0) is 6.54 Å². The fourth-order valence-electron chi connectivity index (χ4n) is 2.38. The standard InChI is InChI=1S/C17H21NO/c1-12(2)16-7-5-15(6-8-16)10-18-13(3)9-17(11-19)14(18)4/h5-9,11-12H,10H2,1-4H3. The smallest absolute Gasteiger partial charge is 0.151 e. The number of carbonyl (C=O) groups is 1. The number of aryl methyl sites for hydroxylation is 1. The third-order valence-electron chi connectivity index (χ3n) is 3.73. The maximum absolute atomic E-state index is 11.0. The van der Waals surface area contributed by atoms with Crippen molar-refractivity contribution < 1.29 is 4.79 Å². The fourth-order valence-corrected chi connectivity index (χ4v) is 2.38. The van der Waals surface area contributed by atoms with E-state index in [2.05, 4.69) is 42.7 Å². The topological polar surface area (TPSA) is 22.0 Å². The van der Waals surface area contributed by atoms with Gasteiger partial charge < -0.3 is 4.57 Å². The van der Waals surface area contributed by atoms with Gasteiger partial charge in [-0.3, -0.25) is 4.79 Å². The van der Waals surface area contributed by atoms with Crippen molar-refractivity contribution in [2.75, 3.05) is 0 Å². The Bertz CT molecular complexity index is 576. The molecule has 0 bridgehead atoms. The largest absolute Gasteiger partial charge is 0.344 e. The molecule has 0 atom stereocenters. The van der Waals surface area contributed by atoms with Crippen LogP contribution in [0.3, 0.4) is 0 Å². The first-order chi connectivity index (χ1) is 9.02.